The summed E-state index contributed by atoms with van der Waals surface area (Å²) in [4.78, 5) is 15.8. The van der Waals surface area contributed by atoms with E-state index in [9.17, 15) is 4.79 Å². The highest BCUT2D eigenvalue weighted by Crippen LogP contribution is 2.25. The fourth-order valence-corrected chi connectivity index (χ4v) is 2.49. The molecular formula is C13H21N3O. The van der Waals surface area contributed by atoms with Crippen molar-refractivity contribution in [1.82, 2.24) is 9.55 Å². The zero-order valence-electron chi connectivity index (χ0n) is 10.5. The first-order chi connectivity index (χ1) is 8.27. The zero-order valence-corrected chi connectivity index (χ0v) is 10.5. The van der Waals surface area contributed by atoms with Crippen molar-refractivity contribution in [2.45, 2.75) is 38.5 Å². The van der Waals surface area contributed by atoms with Gasteiger partial charge in [-0.15, -0.1) is 0 Å². The SMILES string of the molecule is Cn1ccnc(NCCC2CCCCC2)c1=O. The number of nitrogens with zero attached hydrogens (tertiary/aromatic N) is 2. The van der Waals surface area contributed by atoms with Crippen molar-refractivity contribution in [2.24, 2.45) is 13.0 Å². The van der Waals surface area contributed by atoms with Crippen molar-refractivity contribution < 1.29 is 0 Å². The number of hydrogen-bond donors (Lipinski definition) is 1. The second-order valence-electron chi connectivity index (χ2n) is 4.91. The van der Waals surface area contributed by atoms with Crippen LogP contribution < -0.4 is 10.9 Å². The van der Waals surface area contributed by atoms with E-state index in [1.54, 1.807) is 24.0 Å². The highest BCUT2D eigenvalue weighted by molar-refractivity contribution is 5.30. The van der Waals surface area contributed by atoms with Crippen molar-refractivity contribution >= 4 is 5.82 Å². The van der Waals surface area contributed by atoms with Gasteiger partial charge in [0.1, 0.15) is 0 Å². The summed E-state index contributed by atoms with van der Waals surface area (Å²) in [5.41, 5.74) is -0.0452. The number of nitrogens with one attached hydrogen (secondary N) is 1. The van der Waals surface area contributed by atoms with Crippen LogP contribution in [0.5, 0.6) is 0 Å². The van der Waals surface area contributed by atoms with Crippen LogP contribution >= 0.6 is 0 Å². The molecule has 17 heavy (non-hydrogen) atoms. The monoisotopic (exact) mass is 235 g/mol. The van der Waals surface area contributed by atoms with E-state index < -0.39 is 0 Å². The maximum Gasteiger partial charge on any atom is 0.293 e. The predicted molar refractivity (Wildman–Crippen MR) is 69.2 cm³/mol. The van der Waals surface area contributed by atoms with E-state index in [2.05, 4.69) is 10.3 Å². The molecule has 1 saturated carbocycles. The average molecular weight is 235 g/mol. The molecule has 1 aromatic rings. The van der Waals surface area contributed by atoms with Gasteiger partial charge in [-0.2, -0.15) is 0 Å². The number of anilines is 1. The van der Waals surface area contributed by atoms with Gasteiger partial charge in [0.25, 0.3) is 5.56 Å². The summed E-state index contributed by atoms with van der Waals surface area (Å²) in [7, 11) is 1.75. The van der Waals surface area contributed by atoms with Crippen LogP contribution in [-0.2, 0) is 7.05 Å². The predicted octanol–water partition coefficient (Wildman–Crippen LogP) is 2.16. The molecule has 1 heterocycles. The molecule has 0 spiro atoms. The van der Waals surface area contributed by atoms with Crippen LogP contribution in [0.15, 0.2) is 17.2 Å². The third-order valence-electron chi connectivity index (χ3n) is 3.59. The average Bonchev–Trinajstić information content (AvgIpc) is 2.36. The number of rotatable bonds is 4. The molecule has 0 radical (unpaired) electrons. The van der Waals surface area contributed by atoms with Crippen LogP contribution in [0.3, 0.4) is 0 Å². The van der Waals surface area contributed by atoms with Crippen molar-refractivity contribution in [2.75, 3.05) is 11.9 Å². The highest BCUT2D eigenvalue weighted by atomic mass is 16.1. The second kappa shape index (κ2) is 5.84. The Kier molecular flexibility index (Phi) is 4.18. The quantitative estimate of drug-likeness (QED) is 0.870. The van der Waals surface area contributed by atoms with Crippen molar-refractivity contribution in [3.05, 3.63) is 22.7 Å². The Hall–Kier alpha value is -1.32. The summed E-state index contributed by atoms with van der Waals surface area (Å²) in [6, 6.07) is 0. The molecule has 0 amide bonds. The first-order valence-corrected chi connectivity index (χ1v) is 6.53. The van der Waals surface area contributed by atoms with Crippen LogP contribution in [-0.4, -0.2) is 16.1 Å². The van der Waals surface area contributed by atoms with Gasteiger partial charge in [0, 0.05) is 26.0 Å². The summed E-state index contributed by atoms with van der Waals surface area (Å²) in [6.45, 7) is 0.858. The molecular weight excluding hydrogens is 214 g/mol. The largest absolute Gasteiger partial charge is 0.365 e. The summed E-state index contributed by atoms with van der Waals surface area (Å²) in [6.07, 6.45) is 11.3. The topological polar surface area (TPSA) is 46.9 Å². The third kappa shape index (κ3) is 3.32. The second-order valence-corrected chi connectivity index (χ2v) is 4.91. The molecule has 0 aromatic carbocycles. The van der Waals surface area contributed by atoms with E-state index in [1.165, 1.54) is 32.1 Å². The maximum atomic E-state index is 11.7. The minimum Gasteiger partial charge on any atom is -0.365 e. The maximum absolute atomic E-state index is 11.7. The lowest BCUT2D eigenvalue weighted by molar-refractivity contribution is 0.345. The molecule has 4 nitrogen and oxygen atoms in total. The minimum absolute atomic E-state index is 0.0452. The summed E-state index contributed by atoms with van der Waals surface area (Å²) < 4.78 is 1.55. The molecule has 94 valence electrons. The molecule has 0 unspecified atom stereocenters. The van der Waals surface area contributed by atoms with E-state index >= 15 is 0 Å². The van der Waals surface area contributed by atoms with Gasteiger partial charge in [-0.25, -0.2) is 4.98 Å². The van der Waals surface area contributed by atoms with Crippen LogP contribution in [0.1, 0.15) is 38.5 Å². The van der Waals surface area contributed by atoms with E-state index in [0.29, 0.717) is 5.82 Å². The molecule has 0 atom stereocenters. The van der Waals surface area contributed by atoms with Crippen LogP contribution in [0, 0.1) is 5.92 Å². The third-order valence-corrected chi connectivity index (χ3v) is 3.59. The van der Waals surface area contributed by atoms with Gasteiger partial charge in [-0.1, -0.05) is 32.1 Å². The molecule has 0 saturated heterocycles. The number of aromatic nitrogens is 2. The highest BCUT2D eigenvalue weighted by Gasteiger charge is 2.13. The molecule has 1 N–H and O–H groups in total. The molecule has 4 heteroatoms. The Balaban J connectivity index is 1.81. The van der Waals surface area contributed by atoms with Gasteiger partial charge >= 0.3 is 0 Å². The van der Waals surface area contributed by atoms with Gasteiger partial charge in [0.15, 0.2) is 5.82 Å². The van der Waals surface area contributed by atoms with Gasteiger partial charge in [-0.3, -0.25) is 4.79 Å². The van der Waals surface area contributed by atoms with Crippen LogP contribution in [0.25, 0.3) is 0 Å². The number of aryl methyl sites for hydroxylation is 1. The molecule has 2 rings (SSSR count). The van der Waals surface area contributed by atoms with E-state index in [0.717, 1.165) is 18.9 Å². The first kappa shape index (κ1) is 12.1. The molecule has 0 bridgehead atoms. The van der Waals surface area contributed by atoms with Gasteiger partial charge < -0.3 is 9.88 Å². The lowest BCUT2D eigenvalue weighted by Crippen LogP contribution is -2.23. The normalized spacial score (nSPS) is 17.0. The summed E-state index contributed by atoms with van der Waals surface area (Å²) in [5, 5.41) is 3.16. The van der Waals surface area contributed by atoms with E-state index in [1.807, 2.05) is 0 Å². The standard InChI is InChI=1S/C13H21N3O/c1-16-10-9-15-12(13(16)17)14-8-7-11-5-3-2-4-6-11/h9-11H,2-8H2,1H3,(H,14,15). The molecule has 0 aliphatic heterocycles. The van der Waals surface area contributed by atoms with Gasteiger partial charge in [0.2, 0.25) is 0 Å². The van der Waals surface area contributed by atoms with Crippen molar-refractivity contribution in [1.29, 1.82) is 0 Å². The Bertz CT molecular complexity index is 407. The van der Waals surface area contributed by atoms with Crippen LogP contribution in [0.4, 0.5) is 5.82 Å². The van der Waals surface area contributed by atoms with Crippen LogP contribution in [0.2, 0.25) is 0 Å². The Labute approximate surface area is 102 Å². The smallest absolute Gasteiger partial charge is 0.293 e. The fraction of sp³-hybridized carbons (Fsp3) is 0.692. The first-order valence-electron chi connectivity index (χ1n) is 6.53. The molecule has 1 aliphatic carbocycles. The van der Waals surface area contributed by atoms with Crippen molar-refractivity contribution in [3.8, 4) is 0 Å². The zero-order chi connectivity index (χ0) is 12.1. The lowest BCUT2D eigenvalue weighted by atomic mass is 9.87. The van der Waals surface area contributed by atoms with Crippen molar-refractivity contribution in [3.63, 3.8) is 0 Å². The molecule has 1 aromatic heterocycles. The Morgan fingerprint density at radius 2 is 2.18 bits per heavy atom. The number of hydrogen-bond acceptors (Lipinski definition) is 3. The summed E-state index contributed by atoms with van der Waals surface area (Å²) in [5.74, 6) is 1.31. The van der Waals surface area contributed by atoms with E-state index in [4.69, 9.17) is 0 Å². The Morgan fingerprint density at radius 1 is 1.41 bits per heavy atom. The summed E-state index contributed by atoms with van der Waals surface area (Å²) >= 11 is 0. The fourth-order valence-electron chi connectivity index (χ4n) is 2.49. The van der Waals surface area contributed by atoms with Gasteiger partial charge in [0.05, 0.1) is 0 Å². The lowest BCUT2D eigenvalue weighted by Gasteiger charge is -2.21. The van der Waals surface area contributed by atoms with E-state index in [-0.39, 0.29) is 5.56 Å². The Morgan fingerprint density at radius 3 is 2.94 bits per heavy atom. The van der Waals surface area contributed by atoms with Gasteiger partial charge in [-0.05, 0) is 12.3 Å². The molecule has 1 fully saturated rings. The molecule has 1 aliphatic rings. The minimum atomic E-state index is -0.0452.